The van der Waals surface area contributed by atoms with Crippen molar-refractivity contribution in [2.24, 2.45) is 0 Å². The van der Waals surface area contributed by atoms with Gasteiger partial charge in [-0.1, -0.05) is 123 Å². The minimum Gasteiger partial charge on any atom is -0.444 e. The maximum atomic E-state index is 11.7. The van der Waals surface area contributed by atoms with E-state index in [2.05, 4.69) is 108 Å². The van der Waals surface area contributed by atoms with Crippen molar-refractivity contribution in [1.82, 2.24) is 5.32 Å². The summed E-state index contributed by atoms with van der Waals surface area (Å²) in [5.74, 6) is 1.11. The number of amides is 1. The molecule has 0 aromatic heterocycles. The fourth-order valence-electron chi connectivity index (χ4n) is 4.61. The fourth-order valence-corrected chi connectivity index (χ4v) is 6.17. The number of ether oxygens (including phenoxy) is 1. The van der Waals surface area contributed by atoms with E-state index in [0.717, 1.165) is 18.6 Å². The van der Waals surface area contributed by atoms with Crippen LogP contribution in [-0.4, -0.2) is 24.0 Å². The fraction of sp³-hybridized carbons (Fsp3) is 0.424. The summed E-state index contributed by atoms with van der Waals surface area (Å²) >= 11 is 2.06. The average molecular weight is 518 g/mol. The molecule has 37 heavy (non-hydrogen) atoms. The third-order valence-corrected chi connectivity index (χ3v) is 7.98. The molecule has 0 radical (unpaired) electrons. The van der Waals surface area contributed by atoms with Gasteiger partial charge >= 0.3 is 6.09 Å². The summed E-state index contributed by atoms with van der Waals surface area (Å²) in [6, 6.07) is 32.8. The second-order valence-electron chi connectivity index (χ2n) is 10.5. The molecule has 1 amide bonds. The molecule has 0 fully saturated rings. The average Bonchev–Trinajstić information content (AvgIpc) is 2.90. The Hall–Kier alpha value is -2.72. The zero-order chi connectivity index (χ0) is 26.4. The lowest BCUT2D eigenvalue weighted by Crippen LogP contribution is -2.32. The summed E-state index contributed by atoms with van der Waals surface area (Å²) in [6.45, 7) is 6.34. The van der Waals surface area contributed by atoms with Crippen molar-refractivity contribution in [3.8, 4) is 0 Å². The lowest BCUT2D eigenvalue weighted by Gasteiger charge is -2.35. The van der Waals surface area contributed by atoms with Crippen LogP contribution in [0.2, 0.25) is 0 Å². The number of thioether (sulfide) groups is 1. The molecular formula is C33H43NO2S. The van der Waals surface area contributed by atoms with Crippen LogP contribution in [0.5, 0.6) is 0 Å². The Morgan fingerprint density at radius 1 is 0.649 bits per heavy atom. The highest BCUT2D eigenvalue weighted by molar-refractivity contribution is 8.00. The lowest BCUT2D eigenvalue weighted by atomic mass is 9.84. The predicted octanol–water partition coefficient (Wildman–Crippen LogP) is 8.97. The molecule has 198 valence electrons. The lowest BCUT2D eigenvalue weighted by molar-refractivity contribution is 0.0527. The molecule has 3 aromatic rings. The van der Waals surface area contributed by atoms with E-state index in [1.165, 1.54) is 48.8 Å². The van der Waals surface area contributed by atoms with Crippen LogP contribution >= 0.6 is 11.8 Å². The van der Waals surface area contributed by atoms with Gasteiger partial charge in [0, 0.05) is 6.54 Å². The monoisotopic (exact) mass is 517 g/mol. The van der Waals surface area contributed by atoms with Crippen LogP contribution in [-0.2, 0) is 9.48 Å². The van der Waals surface area contributed by atoms with Gasteiger partial charge in [-0.15, -0.1) is 11.8 Å². The van der Waals surface area contributed by atoms with Gasteiger partial charge < -0.3 is 10.1 Å². The number of nitrogens with one attached hydrogen (secondary N) is 1. The summed E-state index contributed by atoms with van der Waals surface area (Å²) in [5.41, 5.74) is 3.55. The molecule has 0 aliphatic rings. The Morgan fingerprint density at radius 3 is 1.49 bits per heavy atom. The smallest absolute Gasteiger partial charge is 0.407 e. The molecule has 0 saturated carbocycles. The zero-order valence-electron chi connectivity index (χ0n) is 22.7. The topological polar surface area (TPSA) is 38.3 Å². The van der Waals surface area contributed by atoms with Gasteiger partial charge in [-0.2, -0.15) is 0 Å². The Balaban J connectivity index is 1.47. The van der Waals surface area contributed by atoms with E-state index in [1.807, 2.05) is 20.8 Å². The summed E-state index contributed by atoms with van der Waals surface area (Å²) in [6.07, 6.45) is 8.00. The SMILES string of the molecule is CC(C)(C)OC(=O)NCCCCCCCCCSC(c1ccccc1)(c1ccccc1)c1ccccc1. The van der Waals surface area contributed by atoms with Crippen LogP contribution in [0.25, 0.3) is 0 Å². The molecule has 1 N–H and O–H groups in total. The highest BCUT2D eigenvalue weighted by atomic mass is 32.2. The first kappa shape index (κ1) is 28.8. The molecule has 3 rings (SSSR count). The number of hydrogen-bond acceptors (Lipinski definition) is 3. The first-order chi connectivity index (χ1) is 17.9. The van der Waals surface area contributed by atoms with Gasteiger partial charge in [-0.25, -0.2) is 4.79 Å². The molecular weight excluding hydrogens is 474 g/mol. The summed E-state index contributed by atoms with van der Waals surface area (Å²) in [5, 5.41) is 2.85. The standard InChI is InChI=1S/C33H43NO2S/c1-32(2,3)36-31(35)34-26-18-7-5-4-6-8-19-27-37-33(28-20-12-9-13-21-28,29-22-14-10-15-23-29)30-24-16-11-17-25-30/h9-17,20-25H,4-8,18-19,26-27H2,1-3H3,(H,34,35). The van der Waals surface area contributed by atoms with E-state index in [4.69, 9.17) is 4.74 Å². The van der Waals surface area contributed by atoms with Crippen LogP contribution in [0.1, 0.15) is 82.4 Å². The number of benzene rings is 3. The largest absolute Gasteiger partial charge is 0.444 e. The summed E-state index contributed by atoms with van der Waals surface area (Å²) < 4.78 is 5.06. The van der Waals surface area contributed by atoms with Gasteiger partial charge in [0.15, 0.2) is 0 Å². The molecule has 0 aliphatic carbocycles. The van der Waals surface area contributed by atoms with Crippen LogP contribution in [0.3, 0.4) is 0 Å². The normalized spacial score (nSPS) is 11.8. The second-order valence-corrected chi connectivity index (χ2v) is 11.8. The van der Waals surface area contributed by atoms with Gasteiger partial charge in [-0.05, 0) is 56.1 Å². The van der Waals surface area contributed by atoms with Crippen molar-refractivity contribution in [3.05, 3.63) is 108 Å². The molecule has 0 bridgehead atoms. The predicted molar refractivity (Wildman–Crippen MR) is 158 cm³/mol. The van der Waals surface area contributed by atoms with Gasteiger partial charge in [0.25, 0.3) is 0 Å². The van der Waals surface area contributed by atoms with E-state index in [9.17, 15) is 4.79 Å². The van der Waals surface area contributed by atoms with E-state index >= 15 is 0 Å². The summed E-state index contributed by atoms with van der Waals surface area (Å²) in [4.78, 5) is 11.7. The van der Waals surface area contributed by atoms with Crippen LogP contribution in [0.15, 0.2) is 91.0 Å². The Kier molecular flexibility index (Phi) is 11.6. The second kappa shape index (κ2) is 14.9. The van der Waals surface area contributed by atoms with E-state index < -0.39 is 5.60 Å². The Morgan fingerprint density at radius 2 is 1.05 bits per heavy atom. The molecule has 0 spiro atoms. The number of unbranched alkanes of at least 4 members (excludes halogenated alkanes) is 6. The Bertz CT molecular complexity index is 936. The minimum absolute atomic E-state index is 0.217. The van der Waals surface area contributed by atoms with Gasteiger partial charge in [0.2, 0.25) is 0 Å². The van der Waals surface area contributed by atoms with Crippen LogP contribution in [0, 0.1) is 0 Å². The third-order valence-electron chi connectivity index (χ3n) is 6.35. The summed E-state index contributed by atoms with van der Waals surface area (Å²) in [7, 11) is 0. The molecule has 0 unspecified atom stereocenters. The number of alkyl carbamates (subject to hydrolysis) is 1. The molecule has 3 nitrogen and oxygen atoms in total. The minimum atomic E-state index is -0.439. The van der Waals surface area contributed by atoms with Gasteiger partial charge in [-0.3, -0.25) is 0 Å². The Labute approximate surface area is 228 Å². The highest BCUT2D eigenvalue weighted by Gasteiger charge is 2.36. The molecule has 3 aromatic carbocycles. The number of rotatable bonds is 14. The van der Waals surface area contributed by atoms with E-state index in [-0.39, 0.29) is 10.8 Å². The first-order valence-electron chi connectivity index (χ1n) is 13.7. The molecule has 0 heterocycles. The van der Waals surface area contributed by atoms with Crippen molar-refractivity contribution in [2.75, 3.05) is 12.3 Å². The van der Waals surface area contributed by atoms with Crippen molar-refractivity contribution >= 4 is 17.9 Å². The number of carbonyl (C=O) groups is 1. The van der Waals surface area contributed by atoms with Crippen LogP contribution in [0.4, 0.5) is 4.79 Å². The zero-order valence-corrected chi connectivity index (χ0v) is 23.6. The first-order valence-corrected chi connectivity index (χ1v) is 14.7. The number of hydrogen-bond donors (Lipinski definition) is 1. The van der Waals surface area contributed by atoms with E-state index in [0.29, 0.717) is 6.54 Å². The highest BCUT2D eigenvalue weighted by Crippen LogP contribution is 2.48. The number of carbonyl (C=O) groups excluding carboxylic acids is 1. The maximum Gasteiger partial charge on any atom is 0.407 e. The molecule has 0 saturated heterocycles. The van der Waals surface area contributed by atoms with Crippen molar-refractivity contribution in [3.63, 3.8) is 0 Å². The maximum absolute atomic E-state index is 11.7. The van der Waals surface area contributed by atoms with Gasteiger partial charge in [0.1, 0.15) is 5.60 Å². The van der Waals surface area contributed by atoms with Crippen molar-refractivity contribution < 1.29 is 9.53 Å². The quantitative estimate of drug-likeness (QED) is 0.171. The van der Waals surface area contributed by atoms with Crippen molar-refractivity contribution in [2.45, 2.75) is 76.1 Å². The molecule has 0 atom stereocenters. The van der Waals surface area contributed by atoms with Crippen molar-refractivity contribution in [1.29, 1.82) is 0 Å². The van der Waals surface area contributed by atoms with Gasteiger partial charge in [0.05, 0.1) is 4.75 Å². The molecule has 0 aliphatic heterocycles. The third kappa shape index (κ3) is 9.27. The van der Waals surface area contributed by atoms with E-state index in [1.54, 1.807) is 0 Å². The molecule has 4 heteroatoms. The van der Waals surface area contributed by atoms with Crippen LogP contribution < -0.4 is 5.32 Å².